The molecule has 2 heterocycles. The van der Waals surface area contributed by atoms with Gasteiger partial charge in [0.1, 0.15) is 5.84 Å². The van der Waals surface area contributed by atoms with Gasteiger partial charge in [0.2, 0.25) is 0 Å². The first-order valence-corrected chi connectivity index (χ1v) is 6.57. The largest absolute Gasteiger partial charge is 0.409 e. The fourth-order valence-electron chi connectivity index (χ4n) is 2.84. The van der Waals surface area contributed by atoms with Crippen LogP contribution >= 0.6 is 0 Å². The lowest BCUT2D eigenvalue weighted by molar-refractivity contribution is 0.0477. The molecule has 0 saturated carbocycles. The monoisotopic (exact) mass is 241 g/mol. The van der Waals surface area contributed by atoms with Gasteiger partial charge < -0.3 is 20.6 Å². The summed E-state index contributed by atoms with van der Waals surface area (Å²) >= 11 is 0. The second-order valence-electron chi connectivity index (χ2n) is 5.18. The number of oxime groups is 1. The summed E-state index contributed by atoms with van der Waals surface area (Å²) in [4.78, 5) is 2.46. The fourth-order valence-corrected chi connectivity index (χ4v) is 2.84. The van der Waals surface area contributed by atoms with E-state index in [1.165, 1.54) is 12.8 Å². The van der Waals surface area contributed by atoms with Crippen LogP contribution in [0, 0.1) is 11.8 Å². The maximum absolute atomic E-state index is 8.72. The van der Waals surface area contributed by atoms with Crippen LogP contribution in [0.25, 0.3) is 0 Å². The molecule has 0 aromatic carbocycles. The zero-order chi connectivity index (χ0) is 12.1. The van der Waals surface area contributed by atoms with Crippen LogP contribution in [0.2, 0.25) is 0 Å². The number of nitrogens with two attached hydrogens (primary N) is 1. The highest BCUT2D eigenvalue weighted by Crippen LogP contribution is 2.21. The van der Waals surface area contributed by atoms with Crippen LogP contribution in [0.15, 0.2) is 5.16 Å². The Morgan fingerprint density at radius 2 is 2.12 bits per heavy atom. The van der Waals surface area contributed by atoms with Gasteiger partial charge in [0.05, 0.1) is 0 Å². The minimum atomic E-state index is 0.230. The van der Waals surface area contributed by atoms with Crippen LogP contribution in [0.3, 0.4) is 0 Å². The van der Waals surface area contributed by atoms with E-state index in [4.69, 9.17) is 15.7 Å². The molecule has 17 heavy (non-hydrogen) atoms. The zero-order valence-electron chi connectivity index (χ0n) is 10.3. The minimum Gasteiger partial charge on any atom is -0.409 e. The third-order valence-corrected chi connectivity index (χ3v) is 3.90. The molecule has 1 unspecified atom stereocenters. The van der Waals surface area contributed by atoms with E-state index < -0.39 is 0 Å². The lowest BCUT2D eigenvalue weighted by atomic mass is 9.94. The van der Waals surface area contributed by atoms with Crippen LogP contribution in [0.5, 0.6) is 0 Å². The smallest absolute Gasteiger partial charge is 0.143 e. The molecule has 2 fully saturated rings. The first-order chi connectivity index (χ1) is 8.29. The van der Waals surface area contributed by atoms with Gasteiger partial charge in [-0.05, 0) is 38.1 Å². The van der Waals surface area contributed by atoms with Gasteiger partial charge in [-0.2, -0.15) is 0 Å². The number of nitrogens with zero attached hydrogens (tertiary/aromatic N) is 2. The molecule has 0 bridgehead atoms. The van der Waals surface area contributed by atoms with Crippen molar-refractivity contribution in [2.75, 3.05) is 32.8 Å². The van der Waals surface area contributed by atoms with Gasteiger partial charge in [-0.1, -0.05) is 5.16 Å². The van der Waals surface area contributed by atoms with E-state index in [1.54, 1.807) is 0 Å². The topological polar surface area (TPSA) is 71.1 Å². The molecule has 2 rings (SSSR count). The van der Waals surface area contributed by atoms with E-state index in [9.17, 15) is 0 Å². The average Bonchev–Trinajstić information content (AvgIpc) is 2.39. The lowest BCUT2D eigenvalue weighted by Crippen LogP contribution is -2.43. The van der Waals surface area contributed by atoms with Crippen molar-refractivity contribution in [3.05, 3.63) is 0 Å². The third-order valence-electron chi connectivity index (χ3n) is 3.90. The number of rotatable bonds is 3. The summed E-state index contributed by atoms with van der Waals surface area (Å²) in [6, 6.07) is 0. The third kappa shape index (κ3) is 3.57. The molecule has 98 valence electrons. The second-order valence-corrected chi connectivity index (χ2v) is 5.18. The van der Waals surface area contributed by atoms with Gasteiger partial charge >= 0.3 is 0 Å². The van der Waals surface area contributed by atoms with Crippen molar-refractivity contribution in [2.24, 2.45) is 22.7 Å². The first kappa shape index (κ1) is 12.6. The quantitative estimate of drug-likeness (QED) is 0.333. The number of hydrogen-bond donors (Lipinski definition) is 2. The summed E-state index contributed by atoms with van der Waals surface area (Å²) in [7, 11) is 0. The van der Waals surface area contributed by atoms with E-state index in [-0.39, 0.29) is 5.92 Å². The van der Waals surface area contributed by atoms with E-state index in [1.807, 2.05) is 0 Å². The van der Waals surface area contributed by atoms with Gasteiger partial charge in [-0.15, -0.1) is 0 Å². The van der Waals surface area contributed by atoms with E-state index in [0.29, 0.717) is 5.84 Å². The summed E-state index contributed by atoms with van der Waals surface area (Å²) in [5.74, 6) is 1.38. The number of hydrogen-bond acceptors (Lipinski definition) is 4. The Morgan fingerprint density at radius 3 is 2.82 bits per heavy atom. The highest BCUT2D eigenvalue weighted by atomic mass is 16.5. The molecule has 0 spiro atoms. The number of likely N-dealkylation sites (tertiary alicyclic amines) is 1. The predicted octanol–water partition coefficient (Wildman–Crippen LogP) is 0.871. The van der Waals surface area contributed by atoms with Gasteiger partial charge in [0, 0.05) is 32.2 Å². The number of amidine groups is 1. The van der Waals surface area contributed by atoms with Gasteiger partial charge in [-0.25, -0.2) is 0 Å². The van der Waals surface area contributed by atoms with Crippen LogP contribution < -0.4 is 5.73 Å². The Kier molecular flexibility index (Phi) is 4.62. The van der Waals surface area contributed by atoms with Gasteiger partial charge in [0.25, 0.3) is 0 Å². The molecule has 0 aromatic rings. The summed E-state index contributed by atoms with van der Waals surface area (Å²) in [6.07, 6.45) is 4.53. The molecule has 5 nitrogen and oxygen atoms in total. The van der Waals surface area contributed by atoms with Crippen LogP contribution in [0.4, 0.5) is 0 Å². The molecule has 0 aromatic heterocycles. The molecule has 0 aliphatic carbocycles. The number of piperidine rings is 1. The first-order valence-electron chi connectivity index (χ1n) is 6.57. The average molecular weight is 241 g/mol. The van der Waals surface area contributed by atoms with E-state index >= 15 is 0 Å². The molecular formula is C12H23N3O2. The molecule has 2 aliphatic heterocycles. The SMILES string of the molecule is NC(=NO)C1CCCN(CC2CCOCC2)C1. The maximum atomic E-state index is 8.72. The molecule has 3 N–H and O–H groups in total. The van der Waals surface area contributed by atoms with E-state index in [0.717, 1.165) is 51.6 Å². The summed E-state index contributed by atoms with van der Waals surface area (Å²) in [5.41, 5.74) is 5.70. The minimum absolute atomic E-state index is 0.230. The van der Waals surface area contributed by atoms with Crippen molar-refractivity contribution in [3.8, 4) is 0 Å². The summed E-state index contributed by atoms with van der Waals surface area (Å²) in [5, 5.41) is 11.9. The fraction of sp³-hybridized carbons (Fsp3) is 0.917. The zero-order valence-corrected chi connectivity index (χ0v) is 10.3. The van der Waals surface area contributed by atoms with Crippen molar-refractivity contribution < 1.29 is 9.94 Å². The molecule has 0 radical (unpaired) electrons. The predicted molar refractivity (Wildman–Crippen MR) is 66.1 cm³/mol. The molecule has 2 saturated heterocycles. The summed E-state index contributed by atoms with van der Waals surface area (Å²) in [6.45, 7) is 5.03. The maximum Gasteiger partial charge on any atom is 0.143 e. The molecule has 2 aliphatic rings. The molecule has 0 amide bonds. The van der Waals surface area contributed by atoms with E-state index in [2.05, 4.69) is 10.1 Å². The van der Waals surface area contributed by atoms with Crippen molar-refractivity contribution in [2.45, 2.75) is 25.7 Å². The van der Waals surface area contributed by atoms with Crippen molar-refractivity contribution in [3.63, 3.8) is 0 Å². The van der Waals surface area contributed by atoms with Gasteiger partial charge in [0.15, 0.2) is 0 Å². The molecule has 1 atom stereocenters. The van der Waals surface area contributed by atoms with Crippen molar-refractivity contribution >= 4 is 5.84 Å². The Hall–Kier alpha value is -0.810. The Morgan fingerprint density at radius 1 is 1.35 bits per heavy atom. The van der Waals surface area contributed by atoms with Crippen LogP contribution in [-0.2, 0) is 4.74 Å². The lowest BCUT2D eigenvalue weighted by Gasteiger charge is -2.35. The molecular weight excluding hydrogens is 218 g/mol. The Bertz CT molecular complexity index is 264. The second kappa shape index (κ2) is 6.21. The standard InChI is InChI=1S/C12H23N3O2/c13-12(14-16)11-2-1-5-15(9-11)8-10-3-6-17-7-4-10/h10-11,16H,1-9H2,(H2,13,14). The Balaban J connectivity index is 1.80. The van der Waals surface area contributed by atoms with Crippen molar-refractivity contribution in [1.29, 1.82) is 0 Å². The van der Waals surface area contributed by atoms with Crippen LogP contribution in [0.1, 0.15) is 25.7 Å². The number of ether oxygens (including phenoxy) is 1. The van der Waals surface area contributed by atoms with Crippen molar-refractivity contribution in [1.82, 2.24) is 4.90 Å². The summed E-state index contributed by atoms with van der Waals surface area (Å²) < 4.78 is 5.37. The highest BCUT2D eigenvalue weighted by molar-refractivity contribution is 5.82. The Labute approximate surface area is 103 Å². The highest BCUT2D eigenvalue weighted by Gasteiger charge is 2.25. The molecule has 5 heteroatoms. The van der Waals surface area contributed by atoms with Gasteiger partial charge in [-0.3, -0.25) is 0 Å². The van der Waals surface area contributed by atoms with Crippen LogP contribution in [-0.4, -0.2) is 48.8 Å². The normalized spacial score (nSPS) is 29.4.